The third-order valence-electron chi connectivity index (χ3n) is 2.03. The topological polar surface area (TPSA) is 67.8 Å². The maximum absolute atomic E-state index is 10.9. The first-order valence-corrected chi connectivity index (χ1v) is 6.09. The highest BCUT2D eigenvalue weighted by atomic mass is 32.2. The Labute approximate surface area is 103 Å². The predicted octanol–water partition coefficient (Wildman–Crippen LogP) is 2.15. The zero-order chi connectivity index (χ0) is 12.1. The highest BCUT2D eigenvalue weighted by Crippen LogP contribution is 2.19. The van der Waals surface area contributed by atoms with Gasteiger partial charge in [-0.1, -0.05) is 11.8 Å². The number of aromatic nitrogens is 3. The van der Waals surface area contributed by atoms with Gasteiger partial charge in [0.05, 0.1) is 17.4 Å². The van der Waals surface area contributed by atoms with Crippen LogP contribution in [0, 0.1) is 0 Å². The predicted molar refractivity (Wildman–Crippen MR) is 66.7 cm³/mol. The van der Waals surface area contributed by atoms with Gasteiger partial charge in [0.1, 0.15) is 5.82 Å². The Bertz CT molecular complexity index is 518. The van der Waals surface area contributed by atoms with Crippen LogP contribution in [-0.2, 0) is 0 Å². The van der Waals surface area contributed by atoms with Gasteiger partial charge in [0.25, 0.3) is 0 Å². The van der Waals surface area contributed by atoms with E-state index in [1.54, 1.807) is 18.5 Å². The molecule has 6 heteroatoms. The van der Waals surface area contributed by atoms with Crippen LogP contribution in [-0.4, -0.2) is 27.5 Å². The van der Waals surface area contributed by atoms with E-state index in [0.29, 0.717) is 16.5 Å². The molecule has 0 fully saturated rings. The third kappa shape index (κ3) is 2.79. The second-order valence-corrected chi connectivity index (χ2v) is 3.92. The van der Waals surface area contributed by atoms with Crippen LogP contribution >= 0.6 is 11.8 Å². The number of anilines is 2. The van der Waals surface area contributed by atoms with Gasteiger partial charge in [-0.25, -0.2) is 9.97 Å². The Kier molecular flexibility index (Phi) is 3.66. The van der Waals surface area contributed by atoms with Gasteiger partial charge in [-0.2, -0.15) is 0 Å². The van der Waals surface area contributed by atoms with Gasteiger partial charge in [0.15, 0.2) is 11.4 Å². The molecule has 0 amide bonds. The van der Waals surface area contributed by atoms with Crippen molar-refractivity contribution in [1.29, 1.82) is 0 Å². The van der Waals surface area contributed by atoms with E-state index in [9.17, 15) is 4.79 Å². The Morgan fingerprint density at radius 2 is 2.29 bits per heavy atom. The Morgan fingerprint density at radius 1 is 1.41 bits per heavy atom. The number of pyridine rings is 1. The van der Waals surface area contributed by atoms with Crippen LogP contribution in [0.15, 0.2) is 35.9 Å². The summed E-state index contributed by atoms with van der Waals surface area (Å²) in [6.07, 6.45) is 7.45. The van der Waals surface area contributed by atoms with Crippen LogP contribution in [0.3, 0.4) is 0 Å². The lowest BCUT2D eigenvalue weighted by Crippen LogP contribution is -2.01. The first-order chi connectivity index (χ1) is 8.33. The van der Waals surface area contributed by atoms with Crippen LogP contribution in [0.4, 0.5) is 11.5 Å². The fourth-order valence-corrected chi connectivity index (χ4v) is 1.57. The lowest BCUT2D eigenvalue weighted by molar-refractivity contribution is 0.112. The fraction of sp³-hybridized carbons (Fsp3) is 0.0909. The van der Waals surface area contributed by atoms with E-state index in [-0.39, 0.29) is 0 Å². The monoisotopic (exact) mass is 246 g/mol. The van der Waals surface area contributed by atoms with Gasteiger partial charge in [-0.3, -0.25) is 9.78 Å². The molecule has 0 atom stereocenters. The first kappa shape index (κ1) is 11.5. The van der Waals surface area contributed by atoms with E-state index >= 15 is 0 Å². The number of nitrogens with zero attached hydrogens (tertiary/aromatic N) is 3. The average molecular weight is 246 g/mol. The first-order valence-electron chi connectivity index (χ1n) is 4.86. The molecule has 2 heterocycles. The summed E-state index contributed by atoms with van der Waals surface area (Å²) in [4.78, 5) is 23.1. The zero-order valence-electron chi connectivity index (χ0n) is 9.12. The van der Waals surface area contributed by atoms with Crippen LogP contribution in [0.25, 0.3) is 0 Å². The van der Waals surface area contributed by atoms with Crippen molar-refractivity contribution >= 4 is 29.6 Å². The van der Waals surface area contributed by atoms with E-state index in [2.05, 4.69) is 20.3 Å². The molecule has 5 nitrogen and oxygen atoms in total. The highest BCUT2D eigenvalue weighted by Gasteiger charge is 2.06. The van der Waals surface area contributed by atoms with Gasteiger partial charge >= 0.3 is 0 Å². The summed E-state index contributed by atoms with van der Waals surface area (Å²) in [7, 11) is 0. The molecule has 0 aliphatic heterocycles. The molecule has 0 radical (unpaired) electrons. The van der Waals surface area contributed by atoms with Crippen LogP contribution in [0.2, 0.25) is 0 Å². The minimum atomic E-state index is 0.423. The maximum atomic E-state index is 10.9. The normalized spacial score (nSPS) is 9.94. The van der Waals surface area contributed by atoms with Gasteiger partial charge < -0.3 is 5.32 Å². The standard InChI is InChI=1S/C11H10N4OS/c1-17-11-13-5-8(7-16)10(15-11)14-9-3-2-4-12-6-9/h2-7H,1H3,(H,13,14,15). The minimum absolute atomic E-state index is 0.423. The lowest BCUT2D eigenvalue weighted by Gasteiger charge is -2.07. The molecule has 0 saturated heterocycles. The molecule has 0 aromatic carbocycles. The largest absolute Gasteiger partial charge is 0.338 e. The summed E-state index contributed by atoms with van der Waals surface area (Å²) in [5.41, 5.74) is 1.20. The molecule has 86 valence electrons. The number of rotatable bonds is 4. The number of carbonyl (C=O) groups is 1. The highest BCUT2D eigenvalue weighted by molar-refractivity contribution is 7.98. The number of nitrogens with one attached hydrogen (secondary N) is 1. The minimum Gasteiger partial charge on any atom is -0.338 e. The molecule has 0 bridgehead atoms. The molecule has 0 aliphatic carbocycles. The van der Waals surface area contributed by atoms with Gasteiger partial charge in [-0.15, -0.1) is 0 Å². The second kappa shape index (κ2) is 5.40. The van der Waals surface area contributed by atoms with Crippen molar-refractivity contribution in [3.63, 3.8) is 0 Å². The van der Waals surface area contributed by atoms with E-state index < -0.39 is 0 Å². The maximum Gasteiger partial charge on any atom is 0.189 e. The number of carbonyl (C=O) groups excluding carboxylic acids is 1. The lowest BCUT2D eigenvalue weighted by atomic mass is 10.3. The smallest absolute Gasteiger partial charge is 0.189 e. The molecule has 0 spiro atoms. The van der Waals surface area contributed by atoms with Gasteiger partial charge in [-0.05, 0) is 18.4 Å². The van der Waals surface area contributed by atoms with E-state index in [0.717, 1.165) is 12.0 Å². The summed E-state index contributed by atoms with van der Waals surface area (Å²) >= 11 is 1.42. The van der Waals surface area contributed by atoms with Gasteiger partial charge in [0, 0.05) is 12.4 Å². The molecule has 2 aromatic heterocycles. The molecule has 2 aromatic rings. The van der Waals surface area contributed by atoms with Crippen molar-refractivity contribution in [2.45, 2.75) is 5.16 Å². The quantitative estimate of drug-likeness (QED) is 0.506. The summed E-state index contributed by atoms with van der Waals surface area (Å²) < 4.78 is 0. The number of hydrogen-bond donors (Lipinski definition) is 1. The molecular formula is C11H10N4OS. The average Bonchev–Trinajstić information content (AvgIpc) is 2.40. The van der Waals surface area contributed by atoms with Crippen LogP contribution in [0.1, 0.15) is 10.4 Å². The van der Waals surface area contributed by atoms with Crippen molar-refractivity contribution in [3.05, 3.63) is 36.3 Å². The molecular weight excluding hydrogens is 236 g/mol. The Morgan fingerprint density at radius 3 is 2.94 bits per heavy atom. The Balaban J connectivity index is 2.33. The van der Waals surface area contributed by atoms with Crippen molar-refractivity contribution in [3.8, 4) is 0 Å². The Hall–Kier alpha value is -1.95. The number of thioether (sulfide) groups is 1. The van der Waals surface area contributed by atoms with E-state index in [4.69, 9.17) is 0 Å². The SMILES string of the molecule is CSc1ncc(C=O)c(Nc2cccnc2)n1. The fourth-order valence-electron chi connectivity index (χ4n) is 1.23. The van der Waals surface area contributed by atoms with Crippen LogP contribution in [0.5, 0.6) is 0 Å². The summed E-state index contributed by atoms with van der Waals surface area (Å²) in [5.74, 6) is 0.493. The van der Waals surface area contributed by atoms with E-state index in [1.165, 1.54) is 18.0 Å². The molecule has 2 rings (SSSR count). The zero-order valence-corrected chi connectivity index (χ0v) is 9.94. The molecule has 0 unspecified atom stereocenters. The summed E-state index contributed by atoms with van der Waals surface area (Å²) in [5, 5.41) is 3.65. The van der Waals surface area contributed by atoms with Crippen molar-refractivity contribution in [1.82, 2.24) is 15.0 Å². The third-order valence-corrected chi connectivity index (χ3v) is 2.59. The van der Waals surface area contributed by atoms with Crippen molar-refractivity contribution in [2.24, 2.45) is 0 Å². The van der Waals surface area contributed by atoms with Crippen molar-refractivity contribution < 1.29 is 4.79 Å². The second-order valence-electron chi connectivity index (χ2n) is 3.15. The number of hydrogen-bond acceptors (Lipinski definition) is 6. The molecule has 17 heavy (non-hydrogen) atoms. The van der Waals surface area contributed by atoms with Gasteiger partial charge in [0.2, 0.25) is 0 Å². The molecule has 0 aliphatic rings. The summed E-state index contributed by atoms with van der Waals surface area (Å²) in [6.45, 7) is 0. The molecule has 0 saturated carbocycles. The number of aldehydes is 1. The van der Waals surface area contributed by atoms with Crippen molar-refractivity contribution in [2.75, 3.05) is 11.6 Å². The van der Waals surface area contributed by atoms with E-state index in [1.807, 2.05) is 12.3 Å². The summed E-state index contributed by atoms with van der Waals surface area (Å²) in [6, 6.07) is 3.65. The molecule has 1 N–H and O–H groups in total. The van der Waals surface area contributed by atoms with Crippen LogP contribution < -0.4 is 5.32 Å².